The van der Waals surface area contributed by atoms with Crippen molar-refractivity contribution in [2.24, 2.45) is 0 Å². The van der Waals surface area contributed by atoms with Crippen LogP contribution in [0.2, 0.25) is 5.02 Å². The summed E-state index contributed by atoms with van der Waals surface area (Å²) in [4.78, 5) is 21.3. The Morgan fingerprint density at radius 1 is 1.24 bits per heavy atom. The molecule has 0 aliphatic carbocycles. The Labute approximate surface area is 149 Å². The van der Waals surface area contributed by atoms with Crippen molar-refractivity contribution in [1.29, 1.82) is 5.26 Å². The Hall–Kier alpha value is -3.10. The van der Waals surface area contributed by atoms with Gasteiger partial charge in [-0.15, -0.1) is 0 Å². The summed E-state index contributed by atoms with van der Waals surface area (Å²) >= 11 is 5.91. The highest BCUT2D eigenvalue weighted by molar-refractivity contribution is 6.31. The van der Waals surface area contributed by atoms with Crippen molar-refractivity contribution >= 4 is 39.8 Å². The number of rotatable bonds is 3. The quantitative estimate of drug-likeness (QED) is 0.731. The van der Waals surface area contributed by atoms with Gasteiger partial charge in [-0.05, 0) is 42.0 Å². The van der Waals surface area contributed by atoms with E-state index in [1.165, 1.54) is 0 Å². The maximum atomic E-state index is 12.2. The van der Waals surface area contributed by atoms with Crippen molar-refractivity contribution in [3.05, 3.63) is 69.2 Å². The minimum atomic E-state index is -0.327. The van der Waals surface area contributed by atoms with Gasteiger partial charge in [0.2, 0.25) is 0 Å². The topological polar surface area (TPSA) is 72.8 Å². The standard InChI is InChI=1S/C19H15ClN4O/c1-24(2)15-6-3-12(4-7-15)9-13(11-21)18-22-17-8-5-14(20)10-16(17)19(25)23-18/h3-10H,1-2H3,(H,22,23,25)/b13-9-. The third kappa shape index (κ3) is 3.54. The SMILES string of the molecule is CN(C)c1ccc(/C=C(/C#N)c2nc3ccc(Cl)cc3c(=O)[nH]2)cc1. The maximum Gasteiger partial charge on any atom is 0.259 e. The summed E-state index contributed by atoms with van der Waals surface area (Å²) in [6.07, 6.45) is 1.69. The second-order valence-electron chi connectivity index (χ2n) is 5.73. The van der Waals surface area contributed by atoms with Crippen LogP contribution < -0.4 is 10.5 Å². The summed E-state index contributed by atoms with van der Waals surface area (Å²) in [5, 5.41) is 10.3. The van der Waals surface area contributed by atoms with E-state index < -0.39 is 0 Å². The third-order valence-electron chi connectivity index (χ3n) is 3.76. The normalized spacial score (nSPS) is 11.4. The van der Waals surface area contributed by atoms with Crippen LogP contribution in [0.25, 0.3) is 22.6 Å². The number of H-pyrrole nitrogens is 1. The van der Waals surface area contributed by atoms with Crippen molar-refractivity contribution in [2.45, 2.75) is 0 Å². The number of benzene rings is 2. The van der Waals surface area contributed by atoms with Gasteiger partial charge in [-0.1, -0.05) is 23.7 Å². The minimum absolute atomic E-state index is 0.235. The van der Waals surface area contributed by atoms with Crippen LogP contribution in [0.5, 0.6) is 0 Å². The Morgan fingerprint density at radius 3 is 2.60 bits per heavy atom. The lowest BCUT2D eigenvalue weighted by Crippen LogP contribution is -2.11. The van der Waals surface area contributed by atoms with Crippen molar-refractivity contribution in [3.8, 4) is 6.07 Å². The molecule has 0 saturated heterocycles. The summed E-state index contributed by atoms with van der Waals surface area (Å²) in [6, 6.07) is 14.7. The molecule has 3 aromatic rings. The molecule has 1 N–H and O–H groups in total. The molecular weight excluding hydrogens is 336 g/mol. The summed E-state index contributed by atoms with van der Waals surface area (Å²) in [5.74, 6) is 0.235. The van der Waals surface area contributed by atoms with E-state index >= 15 is 0 Å². The highest BCUT2D eigenvalue weighted by Gasteiger charge is 2.09. The van der Waals surface area contributed by atoms with Crippen LogP contribution in [0.4, 0.5) is 5.69 Å². The molecule has 5 nitrogen and oxygen atoms in total. The highest BCUT2D eigenvalue weighted by Crippen LogP contribution is 2.19. The molecule has 1 aromatic heterocycles. The molecule has 124 valence electrons. The zero-order chi connectivity index (χ0) is 18.0. The second-order valence-corrected chi connectivity index (χ2v) is 6.17. The lowest BCUT2D eigenvalue weighted by atomic mass is 10.1. The summed E-state index contributed by atoms with van der Waals surface area (Å²) in [5.41, 5.74) is 2.36. The molecule has 1 heterocycles. The number of aromatic nitrogens is 2. The summed E-state index contributed by atoms with van der Waals surface area (Å²) < 4.78 is 0. The van der Waals surface area contributed by atoms with Gasteiger partial charge in [0.15, 0.2) is 5.82 Å². The van der Waals surface area contributed by atoms with Gasteiger partial charge in [0.05, 0.1) is 16.5 Å². The first-order chi connectivity index (χ1) is 12.0. The van der Waals surface area contributed by atoms with E-state index in [0.29, 0.717) is 15.9 Å². The Balaban J connectivity index is 2.06. The van der Waals surface area contributed by atoms with E-state index in [9.17, 15) is 10.1 Å². The second kappa shape index (κ2) is 6.80. The van der Waals surface area contributed by atoms with Gasteiger partial charge >= 0.3 is 0 Å². The average molecular weight is 351 g/mol. The fourth-order valence-electron chi connectivity index (χ4n) is 2.43. The Morgan fingerprint density at radius 2 is 1.96 bits per heavy atom. The van der Waals surface area contributed by atoms with Crippen LogP contribution in [0, 0.1) is 11.3 Å². The number of allylic oxidation sites excluding steroid dienone is 1. The fourth-order valence-corrected chi connectivity index (χ4v) is 2.60. The number of hydrogen-bond acceptors (Lipinski definition) is 4. The molecule has 0 amide bonds. The zero-order valence-corrected chi connectivity index (χ0v) is 14.5. The third-order valence-corrected chi connectivity index (χ3v) is 4.00. The van der Waals surface area contributed by atoms with Gasteiger partial charge in [-0.3, -0.25) is 4.79 Å². The van der Waals surface area contributed by atoms with Crippen molar-refractivity contribution < 1.29 is 0 Å². The molecular formula is C19H15ClN4O. The van der Waals surface area contributed by atoms with Crippen LogP contribution in [-0.4, -0.2) is 24.1 Å². The smallest absolute Gasteiger partial charge is 0.259 e. The number of halogens is 1. The number of nitriles is 1. The number of aromatic amines is 1. The van der Waals surface area contributed by atoms with Crippen LogP contribution in [0.3, 0.4) is 0 Å². The number of nitrogens with one attached hydrogen (secondary N) is 1. The predicted molar refractivity (Wildman–Crippen MR) is 102 cm³/mol. The number of fused-ring (bicyclic) bond motifs is 1. The van der Waals surface area contributed by atoms with Crippen LogP contribution in [0.15, 0.2) is 47.3 Å². The average Bonchev–Trinajstić information content (AvgIpc) is 2.60. The van der Waals surface area contributed by atoms with Gasteiger partial charge in [0.1, 0.15) is 6.07 Å². The predicted octanol–water partition coefficient (Wildman–Crippen LogP) is 3.71. The van der Waals surface area contributed by atoms with E-state index in [-0.39, 0.29) is 17.0 Å². The van der Waals surface area contributed by atoms with Crippen LogP contribution >= 0.6 is 11.6 Å². The van der Waals surface area contributed by atoms with Gasteiger partial charge in [-0.25, -0.2) is 4.98 Å². The van der Waals surface area contributed by atoms with E-state index in [2.05, 4.69) is 16.0 Å². The molecule has 2 aromatic carbocycles. The van der Waals surface area contributed by atoms with Gasteiger partial charge < -0.3 is 9.88 Å². The molecule has 0 bridgehead atoms. The molecule has 0 radical (unpaired) electrons. The Kier molecular flexibility index (Phi) is 4.55. The van der Waals surface area contributed by atoms with E-state index in [0.717, 1.165) is 11.3 Å². The molecule has 25 heavy (non-hydrogen) atoms. The van der Waals surface area contributed by atoms with Gasteiger partial charge in [-0.2, -0.15) is 5.26 Å². The molecule has 0 aliphatic heterocycles. The summed E-state index contributed by atoms with van der Waals surface area (Å²) in [6.45, 7) is 0. The van der Waals surface area contributed by atoms with E-state index in [1.54, 1.807) is 24.3 Å². The van der Waals surface area contributed by atoms with Crippen molar-refractivity contribution in [2.75, 3.05) is 19.0 Å². The van der Waals surface area contributed by atoms with Crippen molar-refractivity contribution in [3.63, 3.8) is 0 Å². The van der Waals surface area contributed by atoms with E-state index in [4.69, 9.17) is 11.6 Å². The zero-order valence-electron chi connectivity index (χ0n) is 13.7. The van der Waals surface area contributed by atoms with Gasteiger partial charge in [0, 0.05) is 24.8 Å². The van der Waals surface area contributed by atoms with Crippen molar-refractivity contribution in [1.82, 2.24) is 9.97 Å². The molecule has 0 fully saturated rings. The summed E-state index contributed by atoms with van der Waals surface area (Å²) in [7, 11) is 3.92. The number of anilines is 1. The van der Waals surface area contributed by atoms with E-state index in [1.807, 2.05) is 43.3 Å². The minimum Gasteiger partial charge on any atom is -0.378 e. The molecule has 0 saturated carbocycles. The van der Waals surface area contributed by atoms with Crippen LogP contribution in [-0.2, 0) is 0 Å². The molecule has 0 atom stereocenters. The molecule has 3 rings (SSSR count). The maximum absolute atomic E-state index is 12.2. The fraction of sp³-hybridized carbons (Fsp3) is 0.105. The number of nitrogens with zero attached hydrogens (tertiary/aromatic N) is 3. The molecule has 0 spiro atoms. The van der Waals surface area contributed by atoms with Crippen LogP contribution in [0.1, 0.15) is 11.4 Å². The largest absolute Gasteiger partial charge is 0.378 e. The lowest BCUT2D eigenvalue weighted by molar-refractivity contribution is 1.13. The first-order valence-corrected chi connectivity index (χ1v) is 7.95. The monoisotopic (exact) mass is 350 g/mol. The molecule has 0 aliphatic rings. The molecule has 6 heteroatoms. The molecule has 0 unspecified atom stereocenters. The highest BCUT2D eigenvalue weighted by atomic mass is 35.5. The number of hydrogen-bond donors (Lipinski definition) is 1. The lowest BCUT2D eigenvalue weighted by Gasteiger charge is -2.11. The first kappa shape index (κ1) is 16.7. The Bertz CT molecular complexity index is 1060. The van der Waals surface area contributed by atoms with Gasteiger partial charge in [0.25, 0.3) is 5.56 Å². The first-order valence-electron chi connectivity index (χ1n) is 7.57.